The topological polar surface area (TPSA) is 54.5 Å². The molecule has 0 bridgehead atoms. The number of hydrogen-bond donors (Lipinski definition) is 0. The Kier molecular flexibility index (Phi) is 3.66. The van der Waals surface area contributed by atoms with E-state index in [2.05, 4.69) is 0 Å². The molecule has 1 rings (SSSR count). The first kappa shape index (κ1) is 11.7. The minimum Gasteiger partial charge on any atom is -0.300 e. The van der Waals surface area contributed by atoms with Crippen LogP contribution in [0.4, 0.5) is 0 Å². The van der Waals surface area contributed by atoms with Crippen molar-refractivity contribution in [2.24, 2.45) is 5.92 Å². The van der Waals surface area contributed by atoms with E-state index < -0.39 is 10.0 Å². The standard InChI is InChI=1S/C9H17NO3S/c1-3-14(12,13)10-6-4-5-9(7-10)8(2)11/h9H,3-7H2,1-2H3. The number of hydrogen-bond acceptors (Lipinski definition) is 3. The summed E-state index contributed by atoms with van der Waals surface area (Å²) in [6.07, 6.45) is 1.62. The SMILES string of the molecule is CCS(=O)(=O)N1CCCC(C(C)=O)C1. The van der Waals surface area contributed by atoms with E-state index in [4.69, 9.17) is 0 Å². The van der Waals surface area contributed by atoms with Gasteiger partial charge in [0.05, 0.1) is 5.75 Å². The van der Waals surface area contributed by atoms with E-state index in [1.807, 2.05) is 0 Å². The molecule has 1 aliphatic rings. The summed E-state index contributed by atoms with van der Waals surface area (Å²) in [6, 6.07) is 0. The van der Waals surface area contributed by atoms with Crippen LogP contribution in [0.25, 0.3) is 0 Å². The molecule has 1 fully saturated rings. The van der Waals surface area contributed by atoms with Crippen LogP contribution in [0.5, 0.6) is 0 Å². The minimum atomic E-state index is -3.11. The highest BCUT2D eigenvalue weighted by Crippen LogP contribution is 2.19. The van der Waals surface area contributed by atoms with Crippen LogP contribution >= 0.6 is 0 Å². The lowest BCUT2D eigenvalue weighted by Gasteiger charge is -2.30. The smallest absolute Gasteiger partial charge is 0.213 e. The molecule has 1 saturated heterocycles. The van der Waals surface area contributed by atoms with Crippen LogP contribution < -0.4 is 0 Å². The number of Topliss-reactive ketones (excluding diaryl/α,β-unsaturated/α-hetero) is 1. The van der Waals surface area contributed by atoms with Gasteiger partial charge in [-0.3, -0.25) is 4.79 Å². The van der Waals surface area contributed by atoms with Crippen molar-refractivity contribution in [3.8, 4) is 0 Å². The zero-order valence-electron chi connectivity index (χ0n) is 8.69. The van der Waals surface area contributed by atoms with Gasteiger partial charge in [-0.2, -0.15) is 0 Å². The molecule has 0 N–H and O–H groups in total. The summed E-state index contributed by atoms with van der Waals surface area (Å²) in [5, 5.41) is 0. The maximum Gasteiger partial charge on any atom is 0.213 e. The van der Waals surface area contributed by atoms with Gasteiger partial charge in [-0.05, 0) is 26.7 Å². The number of piperidine rings is 1. The van der Waals surface area contributed by atoms with Crippen molar-refractivity contribution in [3.63, 3.8) is 0 Å². The van der Waals surface area contributed by atoms with Crippen molar-refractivity contribution in [2.45, 2.75) is 26.7 Å². The Morgan fingerprint density at radius 3 is 2.64 bits per heavy atom. The molecule has 0 aromatic heterocycles. The zero-order valence-corrected chi connectivity index (χ0v) is 9.51. The van der Waals surface area contributed by atoms with Crippen LogP contribution in [0.1, 0.15) is 26.7 Å². The predicted molar refractivity (Wildman–Crippen MR) is 54.4 cm³/mol. The van der Waals surface area contributed by atoms with Crippen LogP contribution in [0.15, 0.2) is 0 Å². The quantitative estimate of drug-likeness (QED) is 0.700. The van der Waals surface area contributed by atoms with Gasteiger partial charge in [0.25, 0.3) is 0 Å². The lowest BCUT2D eigenvalue weighted by Crippen LogP contribution is -2.42. The minimum absolute atomic E-state index is 0.0925. The molecule has 0 aromatic carbocycles. The molecule has 1 unspecified atom stereocenters. The van der Waals surface area contributed by atoms with E-state index in [-0.39, 0.29) is 17.5 Å². The second-order valence-electron chi connectivity index (χ2n) is 3.71. The maximum absolute atomic E-state index is 11.5. The molecule has 4 nitrogen and oxygen atoms in total. The Bertz CT molecular complexity index is 310. The van der Waals surface area contributed by atoms with E-state index in [0.29, 0.717) is 13.1 Å². The number of nitrogens with zero attached hydrogens (tertiary/aromatic N) is 1. The molecule has 0 saturated carbocycles. The van der Waals surface area contributed by atoms with E-state index in [1.54, 1.807) is 6.92 Å². The number of carbonyl (C=O) groups excluding carboxylic acids is 1. The molecule has 0 amide bonds. The lowest BCUT2D eigenvalue weighted by molar-refractivity contribution is -0.121. The van der Waals surface area contributed by atoms with Crippen LogP contribution in [0, 0.1) is 5.92 Å². The second kappa shape index (κ2) is 4.40. The second-order valence-corrected chi connectivity index (χ2v) is 5.97. The van der Waals surface area contributed by atoms with Gasteiger partial charge in [0, 0.05) is 19.0 Å². The Hall–Kier alpha value is -0.420. The fourth-order valence-corrected chi connectivity index (χ4v) is 2.89. The van der Waals surface area contributed by atoms with Gasteiger partial charge in [-0.15, -0.1) is 0 Å². The average Bonchev–Trinajstić information content (AvgIpc) is 2.18. The van der Waals surface area contributed by atoms with Gasteiger partial charge in [-0.25, -0.2) is 12.7 Å². The molecule has 1 atom stereocenters. The first-order valence-electron chi connectivity index (χ1n) is 4.95. The molecular formula is C9H17NO3S. The van der Waals surface area contributed by atoms with Gasteiger partial charge in [0.2, 0.25) is 10.0 Å². The van der Waals surface area contributed by atoms with Gasteiger partial charge in [0.15, 0.2) is 0 Å². The van der Waals surface area contributed by atoms with E-state index in [9.17, 15) is 13.2 Å². The first-order valence-corrected chi connectivity index (χ1v) is 6.56. The van der Waals surface area contributed by atoms with Crippen molar-refractivity contribution in [2.75, 3.05) is 18.8 Å². The number of sulfonamides is 1. The maximum atomic E-state index is 11.5. The van der Waals surface area contributed by atoms with Crippen LogP contribution in [0.2, 0.25) is 0 Å². The zero-order chi connectivity index (χ0) is 10.8. The molecule has 1 heterocycles. The van der Waals surface area contributed by atoms with E-state index in [1.165, 1.54) is 11.2 Å². The molecular weight excluding hydrogens is 202 g/mol. The summed E-state index contributed by atoms with van der Waals surface area (Å²) < 4.78 is 24.5. The van der Waals surface area contributed by atoms with Crippen molar-refractivity contribution < 1.29 is 13.2 Å². The van der Waals surface area contributed by atoms with Gasteiger partial charge < -0.3 is 0 Å². The summed E-state index contributed by atoms with van der Waals surface area (Å²) in [5.74, 6) is 0.128. The van der Waals surface area contributed by atoms with Crippen molar-refractivity contribution >= 4 is 15.8 Å². The molecule has 0 spiro atoms. The normalized spacial score (nSPS) is 24.9. The highest BCUT2D eigenvalue weighted by Gasteiger charge is 2.29. The van der Waals surface area contributed by atoms with Crippen LogP contribution in [-0.4, -0.2) is 37.3 Å². The lowest BCUT2D eigenvalue weighted by atomic mass is 9.96. The van der Waals surface area contributed by atoms with Gasteiger partial charge >= 0.3 is 0 Å². The summed E-state index contributed by atoms with van der Waals surface area (Å²) in [4.78, 5) is 11.1. The Morgan fingerprint density at radius 2 is 2.14 bits per heavy atom. The van der Waals surface area contributed by atoms with Crippen molar-refractivity contribution in [1.82, 2.24) is 4.31 Å². The highest BCUT2D eigenvalue weighted by atomic mass is 32.2. The molecule has 1 aliphatic heterocycles. The average molecular weight is 219 g/mol. The summed E-state index contributed by atoms with van der Waals surface area (Å²) in [6.45, 7) is 4.12. The third kappa shape index (κ3) is 2.54. The molecule has 14 heavy (non-hydrogen) atoms. The Morgan fingerprint density at radius 1 is 1.50 bits per heavy atom. The molecule has 5 heteroatoms. The van der Waals surface area contributed by atoms with Gasteiger partial charge in [0.1, 0.15) is 5.78 Å². The largest absolute Gasteiger partial charge is 0.300 e. The number of rotatable bonds is 3. The van der Waals surface area contributed by atoms with E-state index in [0.717, 1.165) is 12.8 Å². The highest BCUT2D eigenvalue weighted by molar-refractivity contribution is 7.89. The molecule has 0 aromatic rings. The van der Waals surface area contributed by atoms with Gasteiger partial charge in [-0.1, -0.05) is 0 Å². The summed E-state index contributed by atoms with van der Waals surface area (Å²) in [5.41, 5.74) is 0. The Balaban J connectivity index is 2.70. The molecule has 0 radical (unpaired) electrons. The predicted octanol–water partition coefficient (Wildman–Crippen LogP) is 0.637. The first-order chi connectivity index (χ1) is 6.47. The molecule has 82 valence electrons. The monoisotopic (exact) mass is 219 g/mol. The van der Waals surface area contributed by atoms with Crippen molar-refractivity contribution in [3.05, 3.63) is 0 Å². The van der Waals surface area contributed by atoms with Crippen LogP contribution in [0.3, 0.4) is 0 Å². The fraction of sp³-hybridized carbons (Fsp3) is 0.889. The summed E-state index contributed by atoms with van der Waals surface area (Å²) >= 11 is 0. The fourth-order valence-electron chi connectivity index (χ4n) is 1.71. The Labute approximate surface area is 85.3 Å². The number of carbonyl (C=O) groups is 1. The third-order valence-corrected chi connectivity index (χ3v) is 4.57. The van der Waals surface area contributed by atoms with Crippen molar-refractivity contribution in [1.29, 1.82) is 0 Å². The molecule has 0 aliphatic carbocycles. The summed E-state index contributed by atoms with van der Waals surface area (Å²) in [7, 11) is -3.11. The number of ketones is 1. The third-order valence-electron chi connectivity index (χ3n) is 2.72. The van der Waals surface area contributed by atoms with E-state index >= 15 is 0 Å². The van der Waals surface area contributed by atoms with Crippen LogP contribution in [-0.2, 0) is 14.8 Å².